The van der Waals surface area contributed by atoms with Gasteiger partial charge in [0.1, 0.15) is 12.1 Å². The van der Waals surface area contributed by atoms with Gasteiger partial charge in [-0.05, 0) is 38.0 Å². The number of rotatable bonds is 5. The summed E-state index contributed by atoms with van der Waals surface area (Å²) in [5, 5.41) is 13.8. The Bertz CT molecular complexity index is 993. The molecule has 0 unspecified atom stereocenters. The number of aldehydes is 1. The molecular weight excluding hydrogens is 346 g/mol. The molecule has 1 amide bonds. The molecule has 2 aromatic heterocycles. The number of imidazole rings is 1. The lowest BCUT2D eigenvalue weighted by Gasteiger charge is -2.33. The number of aromatic nitrogens is 4. The Balaban J connectivity index is 1.79. The molecule has 8 heteroatoms. The fraction of sp³-hybridized carbons (Fsp3) is 0.368. The van der Waals surface area contributed by atoms with Crippen molar-refractivity contribution >= 4 is 29.1 Å². The molecule has 1 atom stereocenters. The molecule has 27 heavy (non-hydrogen) atoms. The molecule has 4 rings (SSSR count). The van der Waals surface area contributed by atoms with Crippen LogP contribution < -0.4 is 4.90 Å². The lowest BCUT2D eigenvalue weighted by molar-refractivity contribution is -0.108. The number of amides is 1. The van der Waals surface area contributed by atoms with E-state index in [2.05, 4.69) is 5.10 Å². The Labute approximate surface area is 156 Å². The second kappa shape index (κ2) is 6.86. The molecule has 8 nitrogen and oxygen atoms in total. The zero-order valence-electron chi connectivity index (χ0n) is 15.1. The number of hydrogen-bond acceptors (Lipinski definition) is 4. The van der Waals surface area contributed by atoms with Crippen molar-refractivity contribution in [2.75, 3.05) is 4.90 Å². The van der Waals surface area contributed by atoms with Crippen molar-refractivity contribution in [2.45, 2.75) is 45.3 Å². The number of fused-ring (bicyclic) bond motifs is 3. The van der Waals surface area contributed by atoms with Gasteiger partial charge in [0.15, 0.2) is 0 Å². The topological polar surface area (TPSA) is 93.3 Å². The van der Waals surface area contributed by atoms with Gasteiger partial charge < -0.3 is 14.5 Å². The first kappa shape index (κ1) is 17.3. The van der Waals surface area contributed by atoms with Gasteiger partial charge in [-0.3, -0.25) is 9.58 Å². The molecule has 1 N–H and O–H groups in total. The summed E-state index contributed by atoms with van der Waals surface area (Å²) in [5.41, 5.74) is 3.31. The van der Waals surface area contributed by atoms with Crippen molar-refractivity contribution in [1.29, 1.82) is 0 Å². The van der Waals surface area contributed by atoms with Crippen LogP contribution in [0.3, 0.4) is 0 Å². The van der Waals surface area contributed by atoms with Crippen molar-refractivity contribution in [2.24, 2.45) is 0 Å². The Morgan fingerprint density at radius 2 is 2.26 bits per heavy atom. The standard InChI is InChI=1S/C19H21N5O3/c1-13-3-4-14-15(24(13)19(26)27)5-6-16-18(14)21-17(23(16)11-12-25)7-10-22-9-2-8-20-22/h2,5-6,8-9,12-13H,3-4,7,10-11H2,1H3,(H,26,27)/t13-/m0/s1. The summed E-state index contributed by atoms with van der Waals surface area (Å²) < 4.78 is 3.74. The third-order valence-electron chi connectivity index (χ3n) is 5.18. The zero-order valence-corrected chi connectivity index (χ0v) is 15.1. The Kier molecular flexibility index (Phi) is 4.39. The highest BCUT2D eigenvalue weighted by Gasteiger charge is 2.30. The van der Waals surface area contributed by atoms with Crippen molar-refractivity contribution in [3.8, 4) is 0 Å². The van der Waals surface area contributed by atoms with E-state index in [4.69, 9.17) is 4.98 Å². The van der Waals surface area contributed by atoms with Crippen LogP contribution in [0.25, 0.3) is 11.0 Å². The van der Waals surface area contributed by atoms with Crippen LogP contribution >= 0.6 is 0 Å². The second-order valence-electron chi connectivity index (χ2n) is 6.80. The minimum absolute atomic E-state index is 0.0659. The minimum atomic E-state index is -0.950. The highest BCUT2D eigenvalue weighted by atomic mass is 16.4. The maximum Gasteiger partial charge on any atom is 0.412 e. The van der Waals surface area contributed by atoms with E-state index in [9.17, 15) is 14.7 Å². The number of carbonyl (C=O) groups is 2. The first-order chi connectivity index (χ1) is 13.1. The first-order valence-corrected chi connectivity index (χ1v) is 9.04. The van der Waals surface area contributed by atoms with Crippen molar-refractivity contribution in [1.82, 2.24) is 19.3 Å². The Morgan fingerprint density at radius 3 is 2.96 bits per heavy atom. The SMILES string of the molecule is C[C@H]1CCc2c(ccc3c2nc(CCn2cccn2)n3CC=O)N1C(=O)O. The van der Waals surface area contributed by atoms with Gasteiger partial charge in [-0.25, -0.2) is 9.78 Å². The van der Waals surface area contributed by atoms with E-state index in [0.717, 1.165) is 41.5 Å². The summed E-state index contributed by atoms with van der Waals surface area (Å²) >= 11 is 0. The van der Waals surface area contributed by atoms with Gasteiger partial charge >= 0.3 is 6.09 Å². The third kappa shape index (κ3) is 2.97. The summed E-state index contributed by atoms with van der Waals surface area (Å²) in [6.07, 6.45) is 5.69. The molecule has 3 heterocycles. The summed E-state index contributed by atoms with van der Waals surface area (Å²) in [6.45, 7) is 2.81. The quantitative estimate of drug-likeness (QED) is 0.699. The Hall–Kier alpha value is -3.16. The van der Waals surface area contributed by atoms with E-state index in [0.29, 0.717) is 18.7 Å². The van der Waals surface area contributed by atoms with E-state index in [1.807, 2.05) is 40.6 Å². The van der Waals surface area contributed by atoms with E-state index < -0.39 is 6.09 Å². The molecule has 0 saturated heterocycles. The van der Waals surface area contributed by atoms with Gasteiger partial charge in [0.25, 0.3) is 0 Å². The predicted molar refractivity (Wildman–Crippen MR) is 100 cm³/mol. The maximum atomic E-state index is 11.7. The summed E-state index contributed by atoms with van der Waals surface area (Å²) in [5.74, 6) is 0.807. The molecule has 0 fully saturated rings. The number of hydrogen-bond donors (Lipinski definition) is 1. The normalized spacial score (nSPS) is 16.5. The van der Waals surface area contributed by atoms with Crippen molar-refractivity contribution in [3.63, 3.8) is 0 Å². The van der Waals surface area contributed by atoms with Crippen LogP contribution in [0.2, 0.25) is 0 Å². The molecule has 0 bridgehead atoms. The summed E-state index contributed by atoms with van der Waals surface area (Å²) in [4.78, 5) is 29.2. The number of carbonyl (C=O) groups excluding carboxylic acids is 1. The summed E-state index contributed by atoms with van der Waals surface area (Å²) in [6, 6.07) is 5.51. The van der Waals surface area contributed by atoms with Crippen LogP contribution in [0.15, 0.2) is 30.6 Å². The molecule has 1 aliphatic rings. The smallest absolute Gasteiger partial charge is 0.412 e. The summed E-state index contributed by atoms with van der Waals surface area (Å²) in [7, 11) is 0. The number of carboxylic acid groups (broad SMARTS) is 1. The third-order valence-corrected chi connectivity index (χ3v) is 5.18. The van der Waals surface area contributed by atoms with Crippen LogP contribution in [0, 0.1) is 0 Å². The van der Waals surface area contributed by atoms with Gasteiger partial charge in [-0.15, -0.1) is 0 Å². The predicted octanol–water partition coefficient (Wildman–Crippen LogP) is 2.49. The molecule has 0 saturated carbocycles. The maximum absolute atomic E-state index is 11.7. The van der Waals surface area contributed by atoms with Crippen LogP contribution in [-0.2, 0) is 30.7 Å². The highest BCUT2D eigenvalue weighted by molar-refractivity contribution is 5.94. The van der Waals surface area contributed by atoms with Crippen LogP contribution in [0.5, 0.6) is 0 Å². The molecule has 0 aliphatic carbocycles. The number of anilines is 1. The molecule has 0 spiro atoms. The van der Waals surface area contributed by atoms with E-state index in [-0.39, 0.29) is 12.6 Å². The minimum Gasteiger partial charge on any atom is -0.465 e. The van der Waals surface area contributed by atoms with Gasteiger partial charge in [0.2, 0.25) is 0 Å². The van der Waals surface area contributed by atoms with E-state index in [1.165, 1.54) is 4.90 Å². The fourth-order valence-electron chi connectivity index (χ4n) is 3.88. The van der Waals surface area contributed by atoms with Crippen molar-refractivity contribution < 1.29 is 14.7 Å². The van der Waals surface area contributed by atoms with Gasteiger partial charge in [-0.1, -0.05) is 0 Å². The number of aryl methyl sites for hydroxylation is 3. The van der Waals surface area contributed by atoms with Gasteiger partial charge in [0.05, 0.1) is 23.3 Å². The molecular formula is C19H21N5O3. The molecule has 0 radical (unpaired) electrons. The molecule has 140 valence electrons. The first-order valence-electron chi connectivity index (χ1n) is 9.04. The van der Waals surface area contributed by atoms with Gasteiger partial charge in [0, 0.05) is 37.0 Å². The Morgan fingerprint density at radius 1 is 1.41 bits per heavy atom. The largest absolute Gasteiger partial charge is 0.465 e. The van der Waals surface area contributed by atoms with Gasteiger partial charge in [-0.2, -0.15) is 5.10 Å². The lowest BCUT2D eigenvalue weighted by atomic mass is 9.96. The zero-order chi connectivity index (χ0) is 19.0. The van der Waals surface area contributed by atoms with Crippen LogP contribution in [0.1, 0.15) is 24.7 Å². The number of nitrogens with zero attached hydrogens (tertiary/aromatic N) is 5. The molecule has 1 aliphatic heterocycles. The van der Waals surface area contributed by atoms with E-state index in [1.54, 1.807) is 6.20 Å². The van der Waals surface area contributed by atoms with Crippen LogP contribution in [0.4, 0.5) is 10.5 Å². The second-order valence-corrected chi connectivity index (χ2v) is 6.80. The monoisotopic (exact) mass is 367 g/mol. The van der Waals surface area contributed by atoms with Crippen LogP contribution in [-0.4, -0.2) is 42.9 Å². The fourth-order valence-corrected chi connectivity index (χ4v) is 3.88. The lowest BCUT2D eigenvalue weighted by Crippen LogP contribution is -2.41. The van der Waals surface area contributed by atoms with Crippen molar-refractivity contribution in [3.05, 3.63) is 42.0 Å². The molecule has 3 aromatic rings. The van der Waals surface area contributed by atoms with E-state index >= 15 is 0 Å². The average molecular weight is 367 g/mol. The average Bonchev–Trinajstić information content (AvgIpc) is 3.27. The highest BCUT2D eigenvalue weighted by Crippen LogP contribution is 2.36. The molecule has 1 aromatic carbocycles. The number of benzene rings is 1.